The van der Waals surface area contributed by atoms with Crippen molar-refractivity contribution in [1.29, 1.82) is 0 Å². The van der Waals surface area contributed by atoms with E-state index in [-0.39, 0.29) is 23.5 Å². The average Bonchev–Trinajstić information content (AvgIpc) is 2.79. The second-order valence-electron chi connectivity index (χ2n) is 7.75. The fraction of sp³-hybridized carbons (Fsp3) is 0.240. The molecule has 0 spiro atoms. The third-order valence-corrected chi connectivity index (χ3v) is 6.49. The lowest BCUT2D eigenvalue weighted by Crippen LogP contribution is -2.31. The smallest absolute Gasteiger partial charge is 0.261 e. The molecule has 0 saturated heterocycles. The van der Waals surface area contributed by atoms with E-state index in [1.807, 2.05) is 50.2 Å². The molecule has 0 fully saturated rings. The van der Waals surface area contributed by atoms with Crippen molar-refractivity contribution in [2.45, 2.75) is 31.7 Å². The van der Waals surface area contributed by atoms with Gasteiger partial charge >= 0.3 is 0 Å². The van der Waals surface area contributed by atoms with Crippen molar-refractivity contribution in [3.63, 3.8) is 0 Å². The molecule has 0 unspecified atom stereocenters. The van der Waals surface area contributed by atoms with Gasteiger partial charge in [0.15, 0.2) is 6.61 Å². The molecule has 3 aromatic carbocycles. The quantitative estimate of drug-likeness (QED) is 0.486. The zero-order valence-corrected chi connectivity index (χ0v) is 19.9. The van der Waals surface area contributed by atoms with E-state index in [1.54, 1.807) is 32.2 Å². The van der Waals surface area contributed by atoms with Crippen LogP contribution in [0.4, 0.5) is 5.69 Å². The van der Waals surface area contributed by atoms with Gasteiger partial charge in [-0.15, -0.1) is 0 Å². The van der Waals surface area contributed by atoms with Crippen LogP contribution in [0.1, 0.15) is 29.7 Å². The van der Waals surface area contributed by atoms with Crippen molar-refractivity contribution in [3.8, 4) is 11.5 Å². The Morgan fingerprint density at radius 2 is 1.64 bits per heavy atom. The molecular weight excluding hydrogens is 440 g/mol. The van der Waals surface area contributed by atoms with Gasteiger partial charge in [0.05, 0.1) is 18.0 Å². The van der Waals surface area contributed by atoms with Crippen LogP contribution >= 0.6 is 0 Å². The van der Waals surface area contributed by atoms with Crippen LogP contribution in [0.5, 0.6) is 11.5 Å². The van der Waals surface area contributed by atoms with Gasteiger partial charge < -0.3 is 14.8 Å². The number of carbonyl (C=O) groups excluding carboxylic acids is 1. The van der Waals surface area contributed by atoms with E-state index in [9.17, 15) is 13.2 Å². The van der Waals surface area contributed by atoms with Gasteiger partial charge in [0.25, 0.3) is 15.9 Å². The first kappa shape index (κ1) is 24.1. The van der Waals surface area contributed by atoms with Gasteiger partial charge in [0.1, 0.15) is 11.5 Å². The molecular formula is C25H28N2O5S. The molecule has 7 nitrogen and oxygen atoms in total. The summed E-state index contributed by atoms with van der Waals surface area (Å²) in [6.07, 6.45) is 0. The predicted molar refractivity (Wildman–Crippen MR) is 128 cm³/mol. The Morgan fingerprint density at radius 1 is 0.970 bits per heavy atom. The SMILES string of the molecule is COc1ccc([C@H](C)NC(=O)COc2ccc(S(=O)(=O)Nc3ccc(C)cc3)cc2C)cc1. The summed E-state index contributed by atoms with van der Waals surface area (Å²) in [6, 6.07) is 18.9. The van der Waals surface area contributed by atoms with Crippen molar-refractivity contribution in [2.24, 2.45) is 0 Å². The lowest BCUT2D eigenvalue weighted by Gasteiger charge is -2.16. The van der Waals surface area contributed by atoms with Crippen LogP contribution in [-0.4, -0.2) is 28.0 Å². The summed E-state index contributed by atoms with van der Waals surface area (Å²) in [5, 5.41) is 2.88. The molecule has 33 heavy (non-hydrogen) atoms. The third-order valence-electron chi connectivity index (χ3n) is 5.11. The molecule has 0 aliphatic carbocycles. The Kier molecular flexibility index (Phi) is 7.60. The number of hydrogen-bond acceptors (Lipinski definition) is 5. The predicted octanol–water partition coefficient (Wildman–Crippen LogP) is 4.37. The largest absolute Gasteiger partial charge is 0.497 e. The zero-order valence-electron chi connectivity index (χ0n) is 19.1. The van der Waals surface area contributed by atoms with Crippen molar-refractivity contribution >= 4 is 21.6 Å². The number of nitrogens with one attached hydrogen (secondary N) is 2. The van der Waals surface area contributed by atoms with Crippen LogP contribution in [-0.2, 0) is 14.8 Å². The van der Waals surface area contributed by atoms with E-state index >= 15 is 0 Å². The lowest BCUT2D eigenvalue weighted by atomic mass is 10.1. The van der Waals surface area contributed by atoms with Gasteiger partial charge in [-0.2, -0.15) is 0 Å². The molecule has 0 heterocycles. The number of rotatable bonds is 9. The maximum atomic E-state index is 12.7. The molecule has 174 valence electrons. The normalized spacial score (nSPS) is 12.0. The van der Waals surface area contributed by atoms with E-state index in [0.29, 0.717) is 17.0 Å². The minimum atomic E-state index is -3.74. The molecule has 3 rings (SSSR count). The summed E-state index contributed by atoms with van der Waals surface area (Å²) in [4.78, 5) is 12.4. The van der Waals surface area contributed by atoms with E-state index in [1.165, 1.54) is 12.1 Å². The number of aryl methyl sites for hydroxylation is 2. The summed E-state index contributed by atoms with van der Waals surface area (Å²) in [6.45, 7) is 5.36. The first-order valence-electron chi connectivity index (χ1n) is 10.4. The second-order valence-corrected chi connectivity index (χ2v) is 9.43. The Hall–Kier alpha value is -3.52. The van der Waals surface area contributed by atoms with Gasteiger partial charge in [0.2, 0.25) is 0 Å². The molecule has 2 N–H and O–H groups in total. The second kappa shape index (κ2) is 10.4. The highest BCUT2D eigenvalue weighted by Crippen LogP contribution is 2.24. The van der Waals surface area contributed by atoms with Crippen molar-refractivity contribution in [2.75, 3.05) is 18.4 Å². The van der Waals surface area contributed by atoms with Crippen molar-refractivity contribution in [3.05, 3.63) is 83.4 Å². The molecule has 0 radical (unpaired) electrons. The fourth-order valence-corrected chi connectivity index (χ4v) is 4.33. The lowest BCUT2D eigenvalue weighted by molar-refractivity contribution is -0.123. The number of hydrogen-bond donors (Lipinski definition) is 2. The maximum absolute atomic E-state index is 12.7. The number of amides is 1. The molecule has 0 aliphatic rings. The molecule has 0 aliphatic heterocycles. The average molecular weight is 469 g/mol. The minimum absolute atomic E-state index is 0.116. The molecule has 1 atom stereocenters. The molecule has 1 amide bonds. The highest BCUT2D eigenvalue weighted by molar-refractivity contribution is 7.92. The number of anilines is 1. The monoisotopic (exact) mass is 468 g/mol. The Balaban J connectivity index is 1.59. The first-order valence-corrected chi connectivity index (χ1v) is 11.9. The molecule has 0 aromatic heterocycles. The standard InChI is InChI=1S/C25H28N2O5S/c1-17-5-9-21(10-6-17)27-33(29,30)23-13-14-24(18(2)15-23)32-16-25(28)26-19(3)20-7-11-22(31-4)12-8-20/h5-15,19,27H,16H2,1-4H3,(H,26,28)/t19-/m0/s1. The number of ether oxygens (including phenoxy) is 2. The fourth-order valence-electron chi connectivity index (χ4n) is 3.19. The van der Waals surface area contributed by atoms with Crippen LogP contribution in [0.15, 0.2) is 71.6 Å². The Morgan fingerprint density at radius 3 is 2.24 bits per heavy atom. The van der Waals surface area contributed by atoms with Gasteiger partial charge in [-0.3, -0.25) is 9.52 Å². The third kappa shape index (κ3) is 6.49. The maximum Gasteiger partial charge on any atom is 0.261 e. The van der Waals surface area contributed by atoms with Gasteiger partial charge in [0, 0.05) is 5.69 Å². The van der Waals surface area contributed by atoms with Gasteiger partial charge in [-0.25, -0.2) is 8.42 Å². The zero-order chi connectivity index (χ0) is 24.0. The summed E-state index contributed by atoms with van der Waals surface area (Å²) < 4.78 is 38.7. The van der Waals surface area contributed by atoms with Crippen LogP contribution < -0.4 is 19.5 Å². The van der Waals surface area contributed by atoms with Gasteiger partial charge in [-0.05, 0) is 74.4 Å². The van der Waals surface area contributed by atoms with Crippen LogP contribution in [0.3, 0.4) is 0 Å². The van der Waals surface area contributed by atoms with E-state index < -0.39 is 10.0 Å². The van der Waals surface area contributed by atoms with Crippen LogP contribution in [0, 0.1) is 13.8 Å². The highest BCUT2D eigenvalue weighted by Gasteiger charge is 2.17. The Labute approximate surface area is 194 Å². The van der Waals surface area contributed by atoms with Crippen LogP contribution in [0.25, 0.3) is 0 Å². The molecule has 8 heteroatoms. The summed E-state index contributed by atoms with van der Waals surface area (Å²) in [7, 11) is -2.14. The Bertz CT molecular complexity index is 1210. The van der Waals surface area contributed by atoms with E-state index in [0.717, 1.165) is 16.9 Å². The van der Waals surface area contributed by atoms with Gasteiger partial charge in [-0.1, -0.05) is 29.8 Å². The van der Waals surface area contributed by atoms with E-state index in [2.05, 4.69) is 10.0 Å². The molecule has 0 saturated carbocycles. The number of carbonyl (C=O) groups is 1. The molecule has 3 aromatic rings. The van der Waals surface area contributed by atoms with E-state index in [4.69, 9.17) is 9.47 Å². The summed E-state index contributed by atoms with van der Waals surface area (Å²) in [5.74, 6) is 0.905. The number of methoxy groups -OCH3 is 1. The first-order chi connectivity index (χ1) is 15.7. The summed E-state index contributed by atoms with van der Waals surface area (Å²) in [5.41, 5.74) is 3.08. The van der Waals surface area contributed by atoms with Crippen LogP contribution in [0.2, 0.25) is 0 Å². The number of benzene rings is 3. The van der Waals surface area contributed by atoms with Crippen molar-refractivity contribution in [1.82, 2.24) is 5.32 Å². The minimum Gasteiger partial charge on any atom is -0.497 e. The van der Waals surface area contributed by atoms with Crippen molar-refractivity contribution < 1.29 is 22.7 Å². The topological polar surface area (TPSA) is 93.7 Å². The summed E-state index contributed by atoms with van der Waals surface area (Å²) >= 11 is 0. The molecule has 0 bridgehead atoms. The number of sulfonamides is 1. The highest BCUT2D eigenvalue weighted by atomic mass is 32.2.